The Hall–Kier alpha value is -4.06. The molecular formula is C27H27N3O3. The largest absolute Gasteiger partial charge is 0.480 e. The number of carbonyl (C=O) groups excluding carboxylic acids is 1. The lowest BCUT2D eigenvalue weighted by molar-refractivity contribution is -0.141. The Morgan fingerprint density at radius 1 is 0.909 bits per heavy atom. The minimum atomic E-state index is -1.06. The minimum Gasteiger partial charge on any atom is -0.480 e. The maximum absolute atomic E-state index is 11.7. The topological polar surface area (TPSA) is 81.7 Å². The Morgan fingerprint density at radius 3 is 1.76 bits per heavy atom. The summed E-state index contributed by atoms with van der Waals surface area (Å²) in [6.07, 6.45) is 2.14. The van der Waals surface area contributed by atoms with Crippen molar-refractivity contribution in [2.45, 2.75) is 24.9 Å². The van der Waals surface area contributed by atoms with Crippen molar-refractivity contribution in [3.05, 3.63) is 120 Å². The van der Waals surface area contributed by atoms with E-state index in [2.05, 4.69) is 51.9 Å². The van der Waals surface area contributed by atoms with Gasteiger partial charge in [-0.3, -0.25) is 4.79 Å². The number of hydrogen-bond acceptors (Lipinski definition) is 4. The fourth-order valence-corrected chi connectivity index (χ4v) is 4.51. The normalized spacial score (nSPS) is 14.2. The van der Waals surface area contributed by atoms with Gasteiger partial charge in [-0.05, 0) is 16.7 Å². The van der Waals surface area contributed by atoms with Gasteiger partial charge in [-0.1, -0.05) is 91.0 Å². The first-order chi connectivity index (χ1) is 16.0. The molecule has 168 valence electrons. The lowest BCUT2D eigenvalue weighted by atomic mass is 9.76. The van der Waals surface area contributed by atoms with Gasteiger partial charge in [-0.2, -0.15) is 0 Å². The highest BCUT2D eigenvalue weighted by molar-refractivity contribution is 5.82. The van der Waals surface area contributed by atoms with Crippen LogP contribution >= 0.6 is 0 Å². The molecule has 3 N–H and O–H groups in total. The highest BCUT2D eigenvalue weighted by Gasteiger charge is 2.42. The SMILES string of the molecule is CC(=O)N[C@@H](CC1=CN(C(c2ccccc2)(c2ccccc2)c2ccccc2)CN1)C(=O)O. The zero-order chi connectivity index (χ0) is 23.3. The van der Waals surface area contributed by atoms with Crippen molar-refractivity contribution in [2.75, 3.05) is 6.67 Å². The van der Waals surface area contributed by atoms with E-state index in [1.165, 1.54) is 6.92 Å². The van der Waals surface area contributed by atoms with Gasteiger partial charge in [-0.15, -0.1) is 0 Å². The van der Waals surface area contributed by atoms with Crippen molar-refractivity contribution in [1.29, 1.82) is 0 Å². The van der Waals surface area contributed by atoms with Crippen molar-refractivity contribution in [2.24, 2.45) is 0 Å². The summed E-state index contributed by atoms with van der Waals surface area (Å²) in [6, 6.07) is 29.9. The fraction of sp³-hybridized carbons (Fsp3) is 0.185. The molecule has 0 spiro atoms. The quantitative estimate of drug-likeness (QED) is 0.465. The van der Waals surface area contributed by atoms with E-state index in [0.717, 1.165) is 22.4 Å². The highest BCUT2D eigenvalue weighted by atomic mass is 16.4. The van der Waals surface area contributed by atoms with E-state index >= 15 is 0 Å². The number of carboxylic acid groups (broad SMARTS) is 1. The van der Waals surface area contributed by atoms with Crippen LogP contribution < -0.4 is 10.6 Å². The molecule has 0 unspecified atom stereocenters. The molecule has 0 aliphatic carbocycles. The van der Waals surface area contributed by atoms with Crippen LogP contribution in [0.1, 0.15) is 30.0 Å². The van der Waals surface area contributed by atoms with Crippen LogP contribution in [0.15, 0.2) is 103 Å². The molecule has 1 aliphatic rings. The van der Waals surface area contributed by atoms with E-state index in [1.807, 2.05) is 60.8 Å². The van der Waals surface area contributed by atoms with Crippen molar-refractivity contribution in [1.82, 2.24) is 15.5 Å². The third-order valence-electron chi connectivity index (χ3n) is 5.89. The molecule has 6 heteroatoms. The van der Waals surface area contributed by atoms with Crippen LogP contribution in [0.4, 0.5) is 0 Å². The van der Waals surface area contributed by atoms with Crippen LogP contribution in [-0.4, -0.2) is 34.6 Å². The zero-order valence-corrected chi connectivity index (χ0v) is 18.4. The van der Waals surface area contributed by atoms with Gasteiger partial charge >= 0.3 is 5.97 Å². The van der Waals surface area contributed by atoms with Crippen molar-refractivity contribution in [3.63, 3.8) is 0 Å². The maximum Gasteiger partial charge on any atom is 0.326 e. The van der Waals surface area contributed by atoms with Gasteiger partial charge < -0.3 is 20.6 Å². The standard InChI is InChI=1S/C27H27N3O3/c1-20(31)29-25(26(32)33)17-24-18-30(19-28-24)27(21-11-5-2-6-12-21,22-13-7-3-8-14-22)23-15-9-4-10-16-23/h2-16,18,25,28H,17,19H2,1H3,(H,29,31)(H,32,33)/t25-/m0/s1. The number of nitrogens with one attached hydrogen (secondary N) is 2. The van der Waals surface area contributed by atoms with E-state index < -0.39 is 17.6 Å². The number of amides is 1. The van der Waals surface area contributed by atoms with Gasteiger partial charge in [0.05, 0.1) is 6.67 Å². The van der Waals surface area contributed by atoms with Crippen LogP contribution in [0.3, 0.4) is 0 Å². The molecule has 3 aromatic rings. The molecule has 1 heterocycles. The second-order valence-electron chi connectivity index (χ2n) is 8.06. The average Bonchev–Trinajstić information content (AvgIpc) is 3.30. The van der Waals surface area contributed by atoms with E-state index in [9.17, 15) is 14.7 Å². The lowest BCUT2D eigenvalue weighted by Crippen LogP contribution is -2.45. The summed E-state index contributed by atoms with van der Waals surface area (Å²) < 4.78 is 0. The number of nitrogens with zero attached hydrogens (tertiary/aromatic N) is 1. The van der Waals surface area contributed by atoms with Crippen LogP contribution in [0.2, 0.25) is 0 Å². The molecule has 33 heavy (non-hydrogen) atoms. The van der Waals surface area contributed by atoms with E-state index in [-0.39, 0.29) is 12.3 Å². The first-order valence-electron chi connectivity index (χ1n) is 10.9. The van der Waals surface area contributed by atoms with Gasteiger partial charge in [0.15, 0.2) is 0 Å². The number of carbonyl (C=O) groups is 2. The van der Waals surface area contributed by atoms with E-state index in [0.29, 0.717) is 6.67 Å². The van der Waals surface area contributed by atoms with Gasteiger partial charge in [0.2, 0.25) is 5.91 Å². The first-order valence-corrected chi connectivity index (χ1v) is 10.9. The number of rotatable bonds is 8. The molecule has 0 aromatic heterocycles. The highest BCUT2D eigenvalue weighted by Crippen LogP contribution is 2.43. The fourth-order valence-electron chi connectivity index (χ4n) is 4.51. The van der Waals surface area contributed by atoms with E-state index in [4.69, 9.17) is 0 Å². The Balaban J connectivity index is 1.84. The first kappa shape index (κ1) is 22.1. The summed E-state index contributed by atoms with van der Waals surface area (Å²) in [5.74, 6) is -1.43. The van der Waals surface area contributed by atoms with Gasteiger partial charge in [0.1, 0.15) is 11.6 Å². The summed E-state index contributed by atoms with van der Waals surface area (Å²) in [4.78, 5) is 25.4. The molecule has 1 amide bonds. The Labute approximate surface area is 193 Å². The van der Waals surface area contributed by atoms with Gasteiger partial charge in [0, 0.05) is 25.2 Å². The van der Waals surface area contributed by atoms with Crippen LogP contribution in [0, 0.1) is 0 Å². The monoisotopic (exact) mass is 441 g/mol. The predicted octanol–water partition coefficient (Wildman–Crippen LogP) is 3.66. The lowest BCUT2D eigenvalue weighted by Gasteiger charge is -2.43. The summed E-state index contributed by atoms with van der Waals surface area (Å²) in [5, 5.41) is 15.4. The Kier molecular flexibility index (Phi) is 6.45. The third kappa shape index (κ3) is 4.46. The number of hydrogen-bond donors (Lipinski definition) is 3. The Morgan fingerprint density at radius 2 is 1.36 bits per heavy atom. The summed E-state index contributed by atoms with van der Waals surface area (Å²) >= 11 is 0. The molecule has 1 aliphatic heterocycles. The predicted molar refractivity (Wildman–Crippen MR) is 127 cm³/mol. The van der Waals surface area contributed by atoms with Crippen molar-refractivity contribution in [3.8, 4) is 0 Å². The van der Waals surface area contributed by atoms with Gasteiger partial charge in [-0.25, -0.2) is 4.79 Å². The third-order valence-corrected chi connectivity index (χ3v) is 5.89. The van der Waals surface area contributed by atoms with Crippen LogP contribution in [0.5, 0.6) is 0 Å². The minimum absolute atomic E-state index is 0.167. The molecule has 0 fully saturated rings. The van der Waals surface area contributed by atoms with Crippen molar-refractivity contribution < 1.29 is 14.7 Å². The number of aliphatic carboxylic acids is 1. The summed E-state index contributed by atoms with van der Waals surface area (Å²) in [7, 11) is 0. The summed E-state index contributed by atoms with van der Waals surface area (Å²) in [5.41, 5.74) is 3.41. The number of carboxylic acids is 1. The molecular weight excluding hydrogens is 414 g/mol. The molecule has 0 bridgehead atoms. The van der Waals surface area contributed by atoms with Gasteiger partial charge in [0.25, 0.3) is 0 Å². The molecule has 1 atom stereocenters. The molecule has 0 saturated heterocycles. The molecule has 6 nitrogen and oxygen atoms in total. The molecule has 0 radical (unpaired) electrons. The number of benzene rings is 3. The second-order valence-corrected chi connectivity index (χ2v) is 8.06. The summed E-state index contributed by atoms with van der Waals surface area (Å²) in [6.45, 7) is 1.81. The maximum atomic E-state index is 11.7. The smallest absolute Gasteiger partial charge is 0.326 e. The molecule has 3 aromatic carbocycles. The van der Waals surface area contributed by atoms with Crippen molar-refractivity contribution >= 4 is 11.9 Å². The average molecular weight is 442 g/mol. The Bertz CT molecular complexity index is 1030. The zero-order valence-electron chi connectivity index (χ0n) is 18.4. The molecule has 4 rings (SSSR count). The van der Waals surface area contributed by atoms with Crippen LogP contribution in [-0.2, 0) is 15.1 Å². The van der Waals surface area contributed by atoms with Crippen LogP contribution in [0.25, 0.3) is 0 Å². The second kappa shape index (κ2) is 9.61. The molecule has 0 saturated carbocycles. The van der Waals surface area contributed by atoms with E-state index in [1.54, 1.807) is 0 Å².